The van der Waals surface area contributed by atoms with Crippen molar-refractivity contribution in [1.82, 2.24) is 25.3 Å². The molecule has 148 valence electrons. The molecule has 3 heterocycles. The number of piperazine rings is 1. The molecule has 0 aliphatic carbocycles. The van der Waals surface area contributed by atoms with Crippen LogP contribution in [0, 0.1) is 6.92 Å². The molecule has 1 N–H and O–H groups in total. The lowest BCUT2D eigenvalue weighted by molar-refractivity contribution is 0.0946. The first-order chi connectivity index (χ1) is 14.2. The Hall–Kier alpha value is -3.55. The molecule has 1 aliphatic heterocycles. The molecular weight excluding hydrogens is 366 g/mol. The molecule has 1 aromatic carbocycles. The first kappa shape index (κ1) is 18.8. The number of amides is 1. The maximum absolute atomic E-state index is 12.5. The quantitative estimate of drug-likeness (QED) is 0.712. The summed E-state index contributed by atoms with van der Waals surface area (Å²) >= 11 is 0. The van der Waals surface area contributed by atoms with E-state index in [2.05, 4.69) is 35.1 Å². The molecule has 8 heteroatoms. The number of rotatable bonds is 5. The lowest BCUT2D eigenvalue weighted by Crippen LogP contribution is -2.47. The molecule has 8 nitrogen and oxygen atoms in total. The van der Waals surface area contributed by atoms with Gasteiger partial charge in [0.1, 0.15) is 5.69 Å². The maximum atomic E-state index is 12.5. The molecule has 2 aromatic heterocycles. The van der Waals surface area contributed by atoms with Crippen molar-refractivity contribution in [3.63, 3.8) is 0 Å². The van der Waals surface area contributed by atoms with Gasteiger partial charge < -0.3 is 15.1 Å². The molecule has 1 saturated heterocycles. The monoisotopic (exact) mass is 389 g/mol. The Morgan fingerprint density at radius 2 is 1.52 bits per heavy atom. The minimum Gasteiger partial charge on any atom is -0.347 e. The number of carbonyl (C=O) groups excluding carboxylic acids is 1. The zero-order chi connectivity index (χ0) is 20.1. The fourth-order valence-corrected chi connectivity index (χ4v) is 3.17. The third-order valence-electron chi connectivity index (χ3n) is 4.85. The second kappa shape index (κ2) is 8.64. The first-order valence-electron chi connectivity index (χ1n) is 9.63. The van der Waals surface area contributed by atoms with Crippen LogP contribution in [0.5, 0.6) is 0 Å². The van der Waals surface area contributed by atoms with E-state index in [4.69, 9.17) is 0 Å². The highest BCUT2D eigenvalue weighted by molar-refractivity contribution is 5.92. The lowest BCUT2D eigenvalue weighted by atomic mass is 10.1. The Balaban J connectivity index is 1.36. The molecule has 0 unspecified atom stereocenters. The zero-order valence-electron chi connectivity index (χ0n) is 16.3. The van der Waals surface area contributed by atoms with E-state index in [0.717, 1.165) is 37.7 Å². The Morgan fingerprint density at radius 3 is 2.21 bits per heavy atom. The van der Waals surface area contributed by atoms with Crippen LogP contribution in [0.25, 0.3) is 0 Å². The lowest BCUT2D eigenvalue weighted by Gasteiger charge is -2.34. The van der Waals surface area contributed by atoms with Gasteiger partial charge in [-0.25, -0.2) is 19.9 Å². The fourth-order valence-electron chi connectivity index (χ4n) is 3.17. The van der Waals surface area contributed by atoms with Crippen LogP contribution in [0.4, 0.5) is 11.9 Å². The van der Waals surface area contributed by atoms with E-state index in [0.29, 0.717) is 18.2 Å². The summed E-state index contributed by atoms with van der Waals surface area (Å²) in [5.74, 6) is 1.10. The van der Waals surface area contributed by atoms with E-state index in [1.165, 1.54) is 5.56 Å². The highest BCUT2D eigenvalue weighted by Gasteiger charge is 2.21. The van der Waals surface area contributed by atoms with Gasteiger partial charge in [-0.1, -0.05) is 29.8 Å². The molecule has 1 fully saturated rings. The zero-order valence-corrected chi connectivity index (χ0v) is 16.3. The molecule has 0 radical (unpaired) electrons. The molecule has 1 aliphatic rings. The summed E-state index contributed by atoms with van der Waals surface area (Å²) in [4.78, 5) is 34.2. The second-order valence-corrected chi connectivity index (χ2v) is 6.93. The summed E-state index contributed by atoms with van der Waals surface area (Å²) in [7, 11) is 0. The van der Waals surface area contributed by atoms with Gasteiger partial charge in [0.2, 0.25) is 11.9 Å². The summed E-state index contributed by atoms with van der Waals surface area (Å²) in [6.07, 6.45) is 5.13. The molecule has 0 atom stereocenters. The smallest absolute Gasteiger partial charge is 0.270 e. The normalized spacial score (nSPS) is 14.0. The molecule has 1 amide bonds. The van der Waals surface area contributed by atoms with Crippen LogP contribution in [0.2, 0.25) is 0 Å². The molecule has 29 heavy (non-hydrogen) atoms. The van der Waals surface area contributed by atoms with Crippen molar-refractivity contribution in [2.75, 3.05) is 36.0 Å². The molecule has 0 spiro atoms. The van der Waals surface area contributed by atoms with Gasteiger partial charge in [0.15, 0.2) is 0 Å². The van der Waals surface area contributed by atoms with E-state index in [1.54, 1.807) is 24.7 Å². The average molecular weight is 389 g/mol. The van der Waals surface area contributed by atoms with Crippen molar-refractivity contribution in [1.29, 1.82) is 0 Å². The predicted octanol–water partition coefficient (Wildman–Crippen LogP) is 1.83. The van der Waals surface area contributed by atoms with Crippen molar-refractivity contribution in [2.24, 2.45) is 0 Å². The number of benzene rings is 1. The van der Waals surface area contributed by atoms with E-state index in [-0.39, 0.29) is 5.91 Å². The van der Waals surface area contributed by atoms with Gasteiger partial charge in [0.05, 0.1) is 0 Å². The molecule has 3 aromatic rings. The number of hydrogen-bond donors (Lipinski definition) is 1. The molecular formula is C21H23N7O. The maximum Gasteiger partial charge on any atom is 0.270 e. The summed E-state index contributed by atoms with van der Waals surface area (Å²) < 4.78 is 0. The number of aromatic nitrogens is 4. The minimum absolute atomic E-state index is 0.203. The third-order valence-corrected chi connectivity index (χ3v) is 4.85. The topological polar surface area (TPSA) is 87.1 Å². The largest absolute Gasteiger partial charge is 0.347 e. The van der Waals surface area contributed by atoms with E-state index >= 15 is 0 Å². The third kappa shape index (κ3) is 4.66. The number of anilines is 2. The summed E-state index contributed by atoms with van der Waals surface area (Å²) in [5.41, 5.74) is 2.62. The number of nitrogens with one attached hydrogen (secondary N) is 1. The van der Waals surface area contributed by atoms with E-state index in [1.807, 2.05) is 37.3 Å². The summed E-state index contributed by atoms with van der Waals surface area (Å²) in [6, 6.07) is 11.5. The molecule has 0 bridgehead atoms. The van der Waals surface area contributed by atoms with Gasteiger partial charge in [-0.05, 0) is 24.6 Å². The van der Waals surface area contributed by atoms with Gasteiger partial charge in [-0.2, -0.15) is 0 Å². The standard InChI is InChI=1S/C21H23N7O/c1-16-3-5-17(6-4-16)15-25-19(29)18-7-10-24-21(26-18)28-13-11-27(12-14-28)20-22-8-2-9-23-20/h2-10H,11-15H2,1H3,(H,25,29). The van der Waals surface area contributed by atoms with Crippen LogP contribution in [0.15, 0.2) is 55.0 Å². The predicted molar refractivity (Wildman–Crippen MR) is 111 cm³/mol. The number of nitrogens with zero attached hydrogens (tertiary/aromatic N) is 6. The fraction of sp³-hybridized carbons (Fsp3) is 0.286. The number of carbonyl (C=O) groups is 1. The Kier molecular flexibility index (Phi) is 5.60. The Bertz CT molecular complexity index is 954. The van der Waals surface area contributed by atoms with Crippen LogP contribution in [-0.2, 0) is 6.54 Å². The van der Waals surface area contributed by atoms with Crippen molar-refractivity contribution in [3.8, 4) is 0 Å². The Labute approximate surface area is 169 Å². The van der Waals surface area contributed by atoms with Crippen LogP contribution >= 0.6 is 0 Å². The second-order valence-electron chi connectivity index (χ2n) is 6.93. The van der Waals surface area contributed by atoms with Gasteiger partial charge in [-0.15, -0.1) is 0 Å². The van der Waals surface area contributed by atoms with Crippen LogP contribution in [0.1, 0.15) is 21.6 Å². The van der Waals surface area contributed by atoms with Crippen molar-refractivity contribution in [2.45, 2.75) is 13.5 Å². The minimum atomic E-state index is -0.203. The van der Waals surface area contributed by atoms with Gasteiger partial charge in [0, 0.05) is 51.3 Å². The van der Waals surface area contributed by atoms with Crippen LogP contribution in [-0.4, -0.2) is 52.0 Å². The highest BCUT2D eigenvalue weighted by Crippen LogP contribution is 2.14. The van der Waals surface area contributed by atoms with Crippen molar-refractivity contribution < 1.29 is 4.79 Å². The number of hydrogen-bond acceptors (Lipinski definition) is 7. The summed E-state index contributed by atoms with van der Waals surface area (Å²) in [6.45, 7) is 5.54. The van der Waals surface area contributed by atoms with Crippen LogP contribution < -0.4 is 15.1 Å². The highest BCUT2D eigenvalue weighted by atomic mass is 16.1. The van der Waals surface area contributed by atoms with Crippen molar-refractivity contribution >= 4 is 17.8 Å². The summed E-state index contributed by atoms with van der Waals surface area (Å²) in [5, 5.41) is 2.92. The van der Waals surface area contributed by atoms with Gasteiger partial charge >= 0.3 is 0 Å². The number of aryl methyl sites for hydroxylation is 1. The van der Waals surface area contributed by atoms with E-state index in [9.17, 15) is 4.79 Å². The van der Waals surface area contributed by atoms with Gasteiger partial charge in [0.25, 0.3) is 5.91 Å². The SMILES string of the molecule is Cc1ccc(CNC(=O)c2ccnc(N3CCN(c4ncccn4)CC3)n2)cc1. The Morgan fingerprint density at radius 1 is 0.897 bits per heavy atom. The first-order valence-corrected chi connectivity index (χ1v) is 9.63. The van der Waals surface area contributed by atoms with E-state index < -0.39 is 0 Å². The molecule has 0 saturated carbocycles. The van der Waals surface area contributed by atoms with Crippen LogP contribution in [0.3, 0.4) is 0 Å². The van der Waals surface area contributed by atoms with Gasteiger partial charge in [-0.3, -0.25) is 4.79 Å². The molecule has 4 rings (SSSR count). The average Bonchev–Trinajstić information content (AvgIpc) is 2.79. The van der Waals surface area contributed by atoms with Crippen molar-refractivity contribution in [3.05, 3.63) is 71.8 Å².